The Balaban J connectivity index is 2.68. The van der Waals surface area contributed by atoms with E-state index >= 15 is 0 Å². The van der Waals surface area contributed by atoms with E-state index in [1.165, 1.54) is 0 Å². The SMILES string of the molecule is Cc1cc(C)cc(S(=O)(=O)NCCCC(C)O)c1. The molecule has 102 valence electrons. The minimum Gasteiger partial charge on any atom is -0.393 e. The van der Waals surface area contributed by atoms with Gasteiger partial charge in [0.15, 0.2) is 0 Å². The van der Waals surface area contributed by atoms with Gasteiger partial charge in [-0.15, -0.1) is 0 Å². The third kappa shape index (κ3) is 4.76. The molecule has 0 bridgehead atoms. The Labute approximate surface area is 109 Å². The number of aliphatic hydroxyl groups is 1. The van der Waals surface area contributed by atoms with Crippen molar-refractivity contribution >= 4 is 10.0 Å². The lowest BCUT2D eigenvalue weighted by Gasteiger charge is -2.09. The van der Waals surface area contributed by atoms with Crippen molar-refractivity contribution in [2.75, 3.05) is 6.54 Å². The molecule has 1 aromatic rings. The van der Waals surface area contributed by atoms with E-state index < -0.39 is 16.1 Å². The molecule has 5 heteroatoms. The van der Waals surface area contributed by atoms with Crippen molar-refractivity contribution in [1.29, 1.82) is 0 Å². The van der Waals surface area contributed by atoms with Crippen molar-refractivity contribution < 1.29 is 13.5 Å². The molecule has 0 aliphatic heterocycles. The minimum atomic E-state index is -3.43. The van der Waals surface area contributed by atoms with Crippen LogP contribution in [0.5, 0.6) is 0 Å². The first-order valence-electron chi connectivity index (χ1n) is 6.07. The van der Waals surface area contributed by atoms with Crippen molar-refractivity contribution in [3.8, 4) is 0 Å². The van der Waals surface area contributed by atoms with Crippen molar-refractivity contribution in [2.24, 2.45) is 0 Å². The standard InChI is InChI=1S/C13H21NO3S/c1-10-7-11(2)9-13(8-10)18(16,17)14-6-4-5-12(3)15/h7-9,12,14-15H,4-6H2,1-3H3. The van der Waals surface area contributed by atoms with Gasteiger partial charge < -0.3 is 5.11 Å². The van der Waals surface area contributed by atoms with Gasteiger partial charge in [0.05, 0.1) is 11.0 Å². The van der Waals surface area contributed by atoms with E-state index in [0.717, 1.165) is 11.1 Å². The first kappa shape index (κ1) is 15.1. The second kappa shape index (κ2) is 6.31. The quantitative estimate of drug-likeness (QED) is 0.775. The lowest BCUT2D eigenvalue weighted by molar-refractivity contribution is 0.182. The molecule has 0 aromatic heterocycles. The summed E-state index contributed by atoms with van der Waals surface area (Å²) in [7, 11) is -3.43. The van der Waals surface area contributed by atoms with Gasteiger partial charge in [0.1, 0.15) is 0 Å². The molecule has 0 heterocycles. The van der Waals surface area contributed by atoms with Gasteiger partial charge in [0, 0.05) is 6.54 Å². The predicted octanol–water partition coefficient (Wildman–Crippen LogP) is 1.74. The minimum absolute atomic E-state index is 0.303. The summed E-state index contributed by atoms with van der Waals surface area (Å²) in [5.41, 5.74) is 1.86. The van der Waals surface area contributed by atoms with Crippen LogP contribution in [0.4, 0.5) is 0 Å². The normalized spacial score (nSPS) is 13.6. The van der Waals surface area contributed by atoms with Gasteiger partial charge in [0.25, 0.3) is 0 Å². The highest BCUT2D eigenvalue weighted by Crippen LogP contribution is 2.14. The maximum absolute atomic E-state index is 12.0. The van der Waals surface area contributed by atoms with Crippen LogP contribution in [0.15, 0.2) is 23.1 Å². The molecule has 18 heavy (non-hydrogen) atoms. The Morgan fingerprint density at radius 2 is 1.78 bits per heavy atom. The maximum Gasteiger partial charge on any atom is 0.240 e. The summed E-state index contributed by atoms with van der Waals surface area (Å²) in [4.78, 5) is 0.303. The van der Waals surface area contributed by atoms with Gasteiger partial charge in [-0.25, -0.2) is 13.1 Å². The van der Waals surface area contributed by atoms with Gasteiger partial charge in [-0.1, -0.05) is 6.07 Å². The van der Waals surface area contributed by atoms with E-state index in [2.05, 4.69) is 4.72 Å². The molecule has 1 aromatic carbocycles. The predicted molar refractivity (Wildman–Crippen MR) is 72.0 cm³/mol. The van der Waals surface area contributed by atoms with E-state index in [4.69, 9.17) is 5.11 Å². The molecule has 1 atom stereocenters. The first-order valence-corrected chi connectivity index (χ1v) is 7.55. The molecular formula is C13H21NO3S. The molecule has 0 spiro atoms. The molecule has 0 aliphatic carbocycles. The highest BCUT2D eigenvalue weighted by molar-refractivity contribution is 7.89. The van der Waals surface area contributed by atoms with Crippen LogP contribution in [0, 0.1) is 13.8 Å². The van der Waals surface area contributed by atoms with Crippen LogP contribution < -0.4 is 4.72 Å². The van der Waals surface area contributed by atoms with Crippen molar-refractivity contribution in [1.82, 2.24) is 4.72 Å². The fourth-order valence-electron chi connectivity index (χ4n) is 1.78. The van der Waals surface area contributed by atoms with E-state index in [0.29, 0.717) is 24.3 Å². The van der Waals surface area contributed by atoms with E-state index in [-0.39, 0.29) is 0 Å². The molecule has 1 unspecified atom stereocenters. The summed E-state index contributed by atoms with van der Waals surface area (Å²) in [5, 5.41) is 9.09. The number of aryl methyl sites for hydroxylation is 2. The number of hydrogen-bond acceptors (Lipinski definition) is 3. The molecule has 1 rings (SSSR count). The lowest BCUT2D eigenvalue weighted by atomic mass is 10.2. The summed E-state index contributed by atoms with van der Waals surface area (Å²) in [6.07, 6.45) is 0.826. The third-order valence-corrected chi connectivity index (χ3v) is 4.04. The van der Waals surface area contributed by atoms with Crippen LogP contribution >= 0.6 is 0 Å². The van der Waals surface area contributed by atoms with Gasteiger partial charge in [0.2, 0.25) is 10.0 Å². The molecule has 4 nitrogen and oxygen atoms in total. The van der Waals surface area contributed by atoms with E-state index in [1.807, 2.05) is 19.9 Å². The van der Waals surface area contributed by atoms with Crippen molar-refractivity contribution in [3.63, 3.8) is 0 Å². The fraction of sp³-hybridized carbons (Fsp3) is 0.538. The average Bonchev–Trinajstić information content (AvgIpc) is 2.23. The van der Waals surface area contributed by atoms with E-state index in [1.54, 1.807) is 19.1 Å². The highest BCUT2D eigenvalue weighted by atomic mass is 32.2. The van der Waals surface area contributed by atoms with E-state index in [9.17, 15) is 8.42 Å². The molecule has 0 radical (unpaired) electrons. The Morgan fingerprint density at radius 3 is 2.28 bits per heavy atom. The topological polar surface area (TPSA) is 66.4 Å². The fourth-order valence-corrected chi connectivity index (χ4v) is 3.04. The zero-order chi connectivity index (χ0) is 13.8. The summed E-state index contributed by atoms with van der Waals surface area (Å²) < 4.78 is 26.6. The molecular weight excluding hydrogens is 250 g/mol. The summed E-state index contributed by atoms with van der Waals surface area (Å²) in [6, 6.07) is 5.25. The molecule has 2 N–H and O–H groups in total. The van der Waals surface area contributed by atoms with Gasteiger partial charge >= 0.3 is 0 Å². The summed E-state index contributed by atoms with van der Waals surface area (Å²) in [5.74, 6) is 0. The molecule has 0 saturated carbocycles. The number of aliphatic hydroxyl groups excluding tert-OH is 1. The number of hydrogen-bond donors (Lipinski definition) is 2. The number of sulfonamides is 1. The van der Waals surface area contributed by atoms with Gasteiger partial charge in [-0.3, -0.25) is 0 Å². The van der Waals surface area contributed by atoms with Crippen LogP contribution in [-0.4, -0.2) is 26.2 Å². The van der Waals surface area contributed by atoms with Crippen LogP contribution in [0.1, 0.15) is 30.9 Å². The van der Waals surface area contributed by atoms with Crippen LogP contribution in [0.3, 0.4) is 0 Å². The average molecular weight is 271 g/mol. The molecule has 0 fully saturated rings. The zero-order valence-electron chi connectivity index (χ0n) is 11.1. The van der Waals surface area contributed by atoms with Crippen molar-refractivity contribution in [2.45, 2.75) is 44.6 Å². The second-order valence-corrected chi connectivity index (χ2v) is 6.48. The molecule has 0 amide bonds. The Bertz CT molecular complexity index is 475. The number of nitrogens with one attached hydrogen (secondary N) is 1. The maximum atomic E-state index is 12.0. The zero-order valence-corrected chi connectivity index (χ0v) is 11.9. The first-order chi connectivity index (χ1) is 8.31. The van der Waals surface area contributed by atoms with Crippen LogP contribution in [-0.2, 0) is 10.0 Å². The van der Waals surface area contributed by atoms with Gasteiger partial charge in [-0.2, -0.15) is 0 Å². The number of rotatable bonds is 6. The lowest BCUT2D eigenvalue weighted by Crippen LogP contribution is -2.25. The Hall–Kier alpha value is -0.910. The Kier molecular flexibility index (Phi) is 5.31. The van der Waals surface area contributed by atoms with Crippen molar-refractivity contribution in [3.05, 3.63) is 29.3 Å². The highest BCUT2D eigenvalue weighted by Gasteiger charge is 2.13. The second-order valence-electron chi connectivity index (χ2n) is 4.71. The summed E-state index contributed by atoms with van der Waals surface area (Å²) in [6.45, 7) is 5.79. The smallest absolute Gasteiger partial charge is 0.240 e. The summed E-state index contributed by atoms with van der Waals surface area (Å²) >= 11 is 0. The largest absolute Gasteiger partial charge is 0.393 e. The number of benzene rings is 1. The van der Waals surface area contributed by atoms with Gasteiger partial charge in [-0.05, 0) is 56.9 Å². The third-order valence-electron chi connectivity index (χ3n) is 2.60. The van der Waals surface area contributed by atoms with Crippen LogP contribution in [0.2, 0.25) is 0 Å². The monoisotopic (exact) mass is 271 g/mol. The Morgan fingerprint density at radius 1 is 1.22 bits per heavy atom. The molecule has 0 saturated heterocycles. The van der Waals surface area contributed by atoms with Crippen LogP contribution in [0.25, 0.3) is 0 Å². The molecule has 0 aliphatic rings.